The molecule has 2 nitrogen and oxygen atoms in total. The molecule has 5 atom stereocenters. The van der Waals surface area contributed by atoms with Crippen LogP contribution in [0.4, 0.5) is 0 Å². The van der Waals surface area contributed by atoms with E-state index in [1.807, 2.05) is 0 Å². The van der Waals surface area contributed by atoms with Gasteiger partial charge in [-0.1, -0.05) is 38.3 Å². The van der Waals surface area contributed by atoms with Crippen LogP contribution in [0.1, 0.15) is 59.3 Å². The van der Waals surface area contributed by atoms with Crippen LogP contribution >= 0.6 is 0 Å². The smallest absolute Gasteiger partial charge is 0.158 e. The van der Waals surface area contributed by atoms with E-state index in [2.05, 4.69) is 26.8 Å². The summed E-state index contributed by atoms with van der Waals surface area (Å²) in [6.45, 7) is 6.91. The van der Waals surface area contributed by atoms with Gasteiger partial charge < -0.3 is 9.84 Å². The maximum Gasteiger partial charge on any atom is 0.158 e. The Balaban J connectivity index is 1.72. The number of hydrogen-bond acceptors (Lipinski definition) is 2. The topological polar surface area (TPSA) is 29.5 Å². The molecule has 0 radical (unpaired) electrons. The van der Waals surface area contributed by atoms with E-state index in [-0.39, 0.29) is 6.10 Å². The van der Waals surface area contributed by atoms with Crippen molar-refractivity contribution in [3.63, 3.8) is 0 Å². The van der Waals surface area contributed by atoms with Gasteiger partial charge in [0.25, 0.3) is 0 Å². The van der Waals surface area contributed by atoms with E-state index in [0.29, 0.717) is 23.7 Å². The highest BCUT2D eigenvalue weighted by atomic mass is 16.6. The zero-order valence-corrected chi connectivity index (χ0v) is 13.2. The maximum atomic E-state index is 10.5. The monoisotopic (exact) mass is 278 g/mol. The van der Waals surface area contributed by atoms with Gasteiger partial charge in [-0.15, -0.1) is 0 Å². The van der Waals surface area contributed by atoms with Gasteiger partial charge in [0, 0.05) is 5.92 Å². The number of aliphatic hydroxyl groups is 1. The molecule has 1 aliphatic heterocycles. The molecule has 1 N–H and O–H groups in total. The normalized spacial score (nSPS) is 49.4. The predicted molar refractivity (Wildman–Crippen MR) is 81.1 cm³/mol. The molecule has 0 spiro atoms. The van der Waals surface area contributed by atoms with Crippen LogP contribution in [0.25, 0.3) is 0 Å². The number of hydrogen-bond donors (Lipinski definition) is 1. The average molecular weight is 278 g/mol. The van der Waals surface area contributed by atoms with Gasteiger partial charge in [-0.2, -0.15) is 0 Å². The summed E-state index contributed by atoms with van der Waals surface area (Å²) in [5, 5.41) is 10.5. The fourth-order valence-corrected chi connectivity index (χ4v) is 4.89. The highest BCUT2D eigenvalue weighted by Crippen LogP contribution is 2.47. The van der Waals surface area contributed by atoms with Crippen LogP contribution in [0.15, 0.2) is 11.6 Å². The van der Waals surface area contributed by atoms with Gasteiger partial charge in [-0.25, -0.2) is 0 Å². The van der Waals surface area contributed by atoms with E-state index in [1.54, 1.807) is 0 Å². The lowest BCUT2D eigenvalue weighted by molar-refractivity contribution is -0.245. The molecule has 2 fully saturated rings. The number of rotatable bonds is 1. The van der Waals surface area contributed by atoms with E-state index >= 15 is 0 Å². The fourth-order valence-electron chi connectivity index (χ4n) is 4.89. The van der Waals surface area contributed by atoms with Crippen molar-refractivity contribution in [2.75, 3.05) is 0 Å². The van der Waals surface area contributed by atoms with E-state index in [1.165, 1.54) is 31.3 Å². The molecule has 2 heteroatoms. The van der Waals surface area contributed by atoms with E-state index in [4.69, 9.17) is 4.74 Å². The minimum atomic E-state index is -0.532. The number of fused-ring (bicyclic) bond motifs is 1. The Bertz CT molecular complexity index is 368. The molecule has 3 rings (SSSR count). The van der Waals surface area contributed by atoms with Crippen molar-refractivity contribution < 1.29 is 9.84 Å². The molecule has 1 heterocycles. The van der Waals surface area contributed by atoms with Crippen LogP contribution in [-0.4, -0.2) is 17.5 Å². The Morgan fingerprint density at radius 3 is 2.55 bits per heavy atom. The first-order valence-corrected chi connectivity index (χ1v) is 8.55. The van der Waals surface area contributed by atoms with Gasteiger partial charge in [-0.3, -0.25) is 0 Å². The van der Waals surface area contributed by atoms with Crippen LogP contribution in [0.2, 0.25) is 0 Å². The summed E-state index contributed by atoms with van der Waals surface area (Å²) in [7, 11) is 0. The van der Waals surface area contributed by atoms with Crippen molar-refractivity contribution in [1.29, 1.82) is 0 Å². The molecular formula is C18H30O2. The molecule has 0 aromatic heterocycles. The second kappa shape index (κ2) is 5.81. The number of allylic oxidation sites excluding steroid dienone is 1. The molecule has 114 valence electrons. The third-order valence-electron chi connectivity index (χ3n) is 6.27. The molecule has 3 aliphatic rings. The molecule has 0 aromatic rings. The van der Waals surface area contributed by atoms with Crippen molar-refractivity contribution in [3.05, 3.63) is 11.6 Å². The lowest BCUT2D eigenvalue weighted by Gasteiger charge is -2.49. The summed E-state index contributed by atoms with van der Waals surface area (Å²) in [5.41, 5.74) is 1.43. The van der Waals surface area contributed by atoms with E-state index < -0.39 is 6.29 Å². The minimum Gasteiger partial charge on any atom is -0.368 e. The Morgan fingerprint density at radius 2 is 1.85 bits per heavy atom. The van der Waals surface area contributed by atoms with Crippen molar-refractivity contribution in [3.8, 4) is 0 Å². The first kappa shape index (κ1) is 14.6. The first-order chi connectivity index (χ1) is 9.56. The molecule has 0 bridgehead atoms. The number of aliphatic hydroxyl groups excluding tert-OH is 1. The van der Waals surface area contributed by atoms with E-state index in [9.17, 15) is 5.11 Å². The largest absolute Gasteiger partial charge is 0.368 e. The predicted octanol–water partition coefficient (Wildman–Crippen LogP) is 4.14. The van der Waals surface area contributed by atoms with Crippen LogP contribution in [0.3, 0.4) is 0 Å². The molecule has 0 aromatic carbocycles. The lowest BCUT2D eigenvalue weighted by Crippen LogP contribution is -2.50. The Kier molecular flexibility index (Phi) is 4.24. The van der Waals surface area contributed by atoms with Gasteiger partial charge in [-0.05, 0) is 56.3 Å². The van der Waals surface area contributed by atoms with E-state index in [0.717, 1.165) is 18.8 Å². The Labute approximate surface area is 123 Å². The van der Waals surface area contributed by atoms with Crippen molar-refractivity contribution in [1.82, 2.24) is 0 Å². The minimum absolute atomic E-state index is 0.253. The molecule has 1 saturated heterocycles. The van der Waals surface area contributed by atoms with Crippen LogP contribution in [0, 0.1) is 29.6 Å². The summed E-state index contributed by atoms with van der Waals surface area (Å²) in [5.74, 6) is 3.11. The summed E-state index contributed by atoms with van der Waals surface area (Å²) in [4.78, 5) is 0. The van der Waals surface area contributed by atoms with Gasteiger partial charge in [0.1, 0.15) is 0 Å². The Hall–Kier alpha value is -0.340. The highest BCUT2D eigenvalue weighted by Gasteiger charge is 2.46. The molecule has 2 aliphatic carbocycles. The second-order valence-corrected chi connectivity index (χ2v) is 7.68. The Morgan fingerprint density at radius 1 is 1.15 bits per heavy atom. The van der Waals surface area contributed by atoms with Crippen LogP contribution < -0.4 is 0 Å². The SMILES string of the molecule is CC1=CCC2C(C1)OC(O)C(C1CCC(C)CC1)C2C. The zero-order valence-electron chi connectivity index (χ0n) is 13.2. The zero-order chi connectivity index (χ0) is 14.3. The first-order valence-electron chi connectivity index (χ1n) is 8.55. The molecule has 1 saturated carbocycles. The van der Waals surface area contributed by atoms with Gasteiger partial charge in [0.2, 0.25) is 0 Å². The summed E-state index contributed by atoms with van der Waals surface area (Å²) >= 11 is 0. The second-order valence-electron chi connectivity index (χ2n) is 7.68. The maximum absolute atomic E-state index is 10.5. The quantitative estimate of drug-likeness (QED) is 0.731. The summed E-state index contributed by atoms with van der Waals surface area (Å²) in [6, 6.07) is 0. The number of ether oxygens (including phenoxy) is 1. The highest BCUT2D eigenvalue weighted by molar-refractivity contribution is 5.09. The van der Waals surface area contributed by atoms with Gasteiger partial charge in [0.15, 0.2) is 6.29 Å². The fraction of sp³-hybridized carbons (Fsp3) is 0.889. The summed E-state index contributed by atoms with van der Waals surface area (Å²) < 4.78 is 6.04. The molecule has 20 heavy (non-hydrogen) atoms. The van der Waals surface area contributed by atoms with Gasteiger partial charge in [0.05, 0.1) is 6.10 Å². The third kappa shape index (κ3) is 2.69. The van der Waals surface area contributed by atoms with Crippen LogP contribution in [0.5, 0.6) is 0 Å². The molecule has 5 unspecified atom stereocenters. The van der Waals surface area contributed by atoms with Gasteiger partial charge >= 0.3 is 0 Å². The average Bonchev–Trinajstić information content (AvgIpc) is 2.40. The third-order valence-corrected chi connectivity index (χ3v) is 6.27. The van der Waals surface area contributed by atoms with Crippen molar-refractivity contribution in [2.24, 2.45) is 29.6 Å². The molecule has 0 amide bonds. The standard InChI is InChI=1S/C18H30O2/c1-11-4-7-14(8-5-11)17-13(3)15-9-6-12(2)10-16(15)20-18(17)19/h6,11,13-19H,4-5,7-10H2,1-3H3. The van der Waals surface area contributed by atoms with Crippen molar-refractivity contribution in [2.45, 2.75) is 71.7 Å². The molecular weight excluding hydrogens is 248 g/mol. The van der Waals surface area contributed by atoms with Crippen LogP contribution in [-0.2, 0) is 4.74 Å². The van der Waals surface area contributed by atoms with Crippen molar-refractivity contribution >= 4 is 0 Å². The summed E-state index contributed by atoms with van der Waals surface area (Å²) in [6.07, 6.45) is 9.48. The lowest BCUT2D eigenvalue weighted by atomic mass is 9.64.